The number of hydrogen-bond acceptors (Lipinski definition) is 2. The summed E-state index contributed by atoms with van der Waals surface area (Å²) in [5.74, 6) is 0. The first-order valence-corrected chi connectivity index (χ1v) is 2.06. The average Bonchev–Trinajstić information content (AvgIpc) is 1.64. The van der Waals surface area contributed by atoms with E-state index >= 15 is 0 Å². The van der Waals surface area contributed by atoms with Crippen LogP contribution in [0, 0.1) is 0 Å². The lowest BCUT2D eigenvalue weighted by atomic mass is 10.4. The molecule has 0 amide bonds. The van der Waals surface area contributed by atoms with Gasteiger partial charge < -0.3 is 0 Å². The third kappa shape index (κ3) is 2.84. The average molecular weight is 138 g/mol. The van der Waals surface area contributed by atoms with Gasteiger partial charge in [-0.2, -0.15) is 23.4 Å². The van der Waals surface area contributed by atoms with Gasteiger partial charge >= 0.3 is 6.18 Å². The lowest BCUT2D eigenvalue weighted by molar-refractivity contribution is -0.0593. The molecule has 0 unspecified atom stereocenters. The van der Waals surface area contributed by atoms with Crippen molar-refractivity contribution in [2.45, 2.75) is 13.1 Å². The van der Waals surface area contributed by atoms with Crippen LogP contribution in [0.3, 0.4) is 0 Å². The summed E-state index contributed by atoms with van der Waals surface area (Å²) < 4.78 is 34.3. The van der Waals surface area contributed by atoms with Gasteiger partial charge in [0, 0.05) is 6.72 Å². The lowest BCUT2D eigenvalue weighted by Crippen LogP contribution is -2.18. The molecule has 0 N–H and O–H groups in total. The van der Waals surface area contributed by atoms with Gasteiger partial charge in [0.1, 0.15) is 5.71 Å². The number of hydrogen-bond donors (Lipinski definition) is 0. The van der Waals surface area contributed by atoms with Gasteiger partial charge in [0.2, 0.25) is 0 Å². The van der Waals surface area contributed by atoms with Crippen LogP contribution in [0.5, 0.6) is 0 Å². The largest absolute Gasteiger partial charge is 0.431 e. The minimum absolute atomic E-state index is 0.828. The second kappa shape index (κ2) is 2.61. The number of rotatable bonds is 1. The quantitative estimate of drug-likeness (QED) is 0.388. The van der Waals surface area contributed by atoms with Crippen molar-refractivity contribution in [3.63, 3.8) is 0 Å². The van der Waals surface area contributed by atoms with Gasteiger partial charge in [-0.05, 0) is 6.92 Å². The number of nitrogens with zero attached hydrogens (tertiary/aromatic N) is 2. The van der Waals surface area contributed by atoms with Gasteiger partial charge in [-0.15, -0.1) is 0 Å². The molecule has 0 aromatic carbocycles. The fourth-order valence-electron chi connectivity index (χ4n) is 0.163. The van der Waals surface area contributed by atoms with E-state index in [1.54, 1.807) is 0 Å². The second-order valence-corrected chi connectivity index (χ2v) is 1.32. The molecule has 0 aliphatic rings. The normalized spacial score (nSPS) is 13.6. The zero-order chi connectivity index (χ0) is 7.49. The van der Waals surface area contributed by atoms with Crippen molar-refractivity contribution in [1.29, 1.82) is 0 Å². The van der Waals surface area contributed by atoms with E-state index in [0.717, 1.165) is 6.92 Å². The highest BCUT2D eigenvalue weighted by molar-refractivity contribution is 5.87. The molecule has 0 bridgehead atoms. The van der Waals surface area contributed by atoms with E-state index in [0.29, 0.717) is 0 Å². The van der Waals surface area contributed by atoms with Crippen LogP contribution in [-0.4, -0.2) is 18.6 Å². The molecule has 0 aliphatic carbocycles. The van der Waals surface area contributed by atoms with Crippen LogP contribution < -0.4 is 0 Å². The van der Waals surface area contributed by atoms with Gasteiger partial charge in [-0.1, -0.05) is 0 Å². The van der Waals surface area contributed by atoms with Crippen LogP contribution in [0.2, 0.25) is 0 Å². The van der Waals surface area contributed by atoms with Crippen LogP contribution in [0.15, 0.2) is 10.2 Å². The molecule has 0 saturated carbocycles. The van der Waals surface area contributed by atoms with Gasteiger partial charge in [-0.3, -0.25) is 0 Å². The highest BCUT2D eigenvalue weighted by Gasteiger charge is 2.31. The summed E-state index contributed by atoms with van der Waals surface area (Å²) in [6, 6.07) is 0. The Kier molecular flexibility index (Phi) is 2.36. The third-order valence-electron chi connectivity index (χ3n) is 0.631. The van der Waals surface area contributed by atoms with Crippen LogP contribution in [0.1, 0.15) is 6.92 Å². The van der Waals surface area contributed by atoms with E-state index in [4.69, 9.17) is 0 Å². The van der Waals surface area contributed by atoms with E-state index in [2.05, 4.69) is 16.9 Å². The Hall–Kier alpha value is -0.870. The molecule has 0 aliphatic heterocycles. The maximum Gasteiger partial charge on any atom is 0.431 e. The smallest absolute Gasteiger partial charge is 0.167 e. The first-order valence-electron chi connectivity index (χ1n) is 2.06. The molecule has 0 atom stereocenters. The fourth-order valence-corrected chi connectivity index (χ4v) is 0.163. The summed E-state index contributed by atoms with van der Waals surface area (Å²) in [6.07, 6.45) is -4.37. The summed E-state index contributed by atoms with van der Waals surface area (Å²) in [6.45, 7) is 3.60. The Balaban J connectivity index is 4.19. The van der Waals surface area contributed by atoms with Crippen molar-refractivity contribution in [3.05, 3.63) is 0 Å². The molecule has 0 saturated heterocycles. The second-order valence-electron chi connectivity index (χ2n) is 1.32. The summed E-state index contributed by atoms with van der Waals surface area (Å²) in [5.41, 5.74) is -0.988. The Morgan fingerprint density at radius 1 is 1.44 bits per heavy atom. The Morgan fingerprint density at radius 2 is 1.89 bits per heavy atom. The minimum Gasteiger partial charge on any atom is -0.167 e. The minimum atomic E-state index is -4.37. The monoisotopic (exact) mass is 138 g/mol. The maximum atomic E-state index is 11.4. The molecule has 0 heterocycles. The first kappa shape index (κ1) is 8.13. The van der Waals surface area contributed by atoms with E-state index in [1.165, 1.54) is 0 Å². The zero-order valence-electron chi connectivity index (χ0n) is 4.74. The maximum absolute atomic E-state index is 11.4. The summed E-state index contributed by atoms with van der Waals surface area (Å²) in [7, 11) is 0. The molecule has 0 spiro atoms. The van der Waals surface area contributed by atoms with E-state index in [1.807, 2.05) is 0 Å². The van der Waals surface area contributed by atoms with Crippen molar-refractivity contribution in [2.75, 3.05) is 0 Å². The fraction of sp³-hybridized carbons (Fsp3) is 0.500. The van der Waals surface area contributed by atoms with Gasteiger partial charge in [0.15, 0.2) is 0 Å². The Bertz CT molecular complexity index is 135. The standard InChI is InChI=1S/C4H5F3N2/c1-3(9-8-2)4(5,6)7/h2H2,1H3/b9-3-. The first-order chi connectivity index (χ1) is 3.98. The van der Waals surface area contributed by atoms with Crippen molar-refractivity contribution >= 4 is 12.4 Å². The summed E-state index contributed by atoms with van der Waals surface area (Å²) in [4.78, 5) is 0. The van der Waals surface area contributed by atoms with Gasteiger partial charge in [0.05, 0.1) is 0 Å². The molecular formula is C4H5F3N2. The molecule has 9 heavy (non-hydrogen) atoms. The van der Waals surface area contributed by atoms with E-state index in [-0.39, 0.29) is 0 Å². The van der Waals surface area contributed by atoms with Crippen LogP contribution in [0.25, 0.3) is 0 Å². The highest BCUT2D eigenvalue weighted by Crippen LogP contribution is 2.16. The molecule has 0 rings (SSSR count). The molecule has 5 heteroatoms. The molecule has 52 valence electrons. The predicted molar refractivity (Wildman–Crippen MR) is 28.7 cm³/mol. The molecule has 0 aromatic heterocycles. The van der Waals surface area contributed by atoms with Gasteiger partial charge in [-0.25, -0.2) is 0 Å². The topological polar surface area (TPSA) is 24.7 Å². The van der Waals surface area contributed by atoms with Gasteiger partial charge in [0.25, 0.3) is 0 Å². The third-order valence-corrected chi connectivity index (χ3v) is 0.631. The zero-order valence-corrected chi connectivity index (χ0v) is 4.74. The summed E-state index contributed by atoms with van der Waals surface area (Å²) >= 11 is 0. The predicted octanol–water partition coefficient (Wildman–Crippen LogP) is 1.63. The summed E-state index contributed by atoms with van der Waals surface area (Å²) in [5, 5.41) is 5.42. The number of alkyl halides is 3. The molecule has 0 fully saturated rings. The van der Waals surface area contributed by atoms with Crippen LogP contribution in [0.4, 0.5) is 13.2 Å². The highest BCUT2D eigenvalue weighted by atomic mass is 19.4. The number of halogens is 3. The van der Waals surface area contributed by atoms with Crippen molar-refractivity contribution in [2.24, 2.45) is 10.2 Å². The van der Waals surface area contributed by atoms with Crippen molar-refractivity contribution in [3.8, 4) is 0 Å². The van der Waals surface area contributed by atoms with E-state index < -0.39 is 11.9 Å². The molecule has 0 radical (unpaired) electrons. The molecular weight excluding hydrogens is 133 g/mol. The lowest BCUT2D eigenvalue weighted by Gasteiger charge is -2.01. The Morgan fingerprint density at radius 3 is 2.00 bits per heavy atom. The van der Waals surface area contributed by atoms with Crippen LogP contribution in [-0.2, 0) is 0 Å². The Labute approximate surface area is 50.1 Å². The van der Waals surface area contributed by atoms with Crippen molar-refractivity contribution in [1.82, 2.24) is 0 Å². The van der Waals surface area contributed by atoms with E-state index in [9.17, 15) is 13.2 Å². The molecule has 2 nitrogen and oxygen atoms in total. The molecule has 0 aromatic rings. The SMILES string of the molecule is C=N/N=C(/C)C(F)(F)F. The van der Waals surface area contributed by atoms with Crippen LogP contribution >= 0.6 is 0 Å². The van der Waals surface area contributed by atoms with Crippen molar-refractivity contribution < 1.29 is 13.2 Å².